The molecule has 29 heavy (non-hydrogen) atoms. The topological polar surface area (TPSA) is 50.8 Å². The van der Waals surface area contributed by atoms with E-state index >= 15 is 0 Å². The van der Waals surface area contributed by atoms with E-state index in [9.17, 15) is 4.79 Å². The lowest BCUT2D eigenvalue weighted by atomic mass is 9.96. The van der Waals surface area contributed by atoms with Crippen molar-refractivity contribution in [1.82, 2.24) is 10.2 Å². The molecule has 0 radical (unpaired) electrons. The molecule has 154 valence electrons. The Kier molecular flexibility index (Phi) is 5.61. The lowest BCUT2D eigenvalue weighted by Gasteiger charge is -2.43. The van der Waals surface area contributed by atoms with Gasteiger partial charge in [-0.1, -0.05) is 59.7 Å². The Morgan fingerprint density at radius 1 is 1.14 bits per heavy atom. The first kappa shape index (κ1) is 19.9. The highest BCUT2D eigenvalue weighted by Gasteiger charge is 2.44. The molecule has 2 aliphatic heterocycles. The van der Waals surface area contributed by atoms with Crippen LogP contribution in [-0.2, 0) is 9.47 Å². The summed E-state index contributed by atoms with van der Waals surface area (Å²) in [5, 5.41) is 3.29. The molecule has 1 N–H and O–H groups in total. The fraction of sp³-hybridized carbons (Fsp3) is 0.458. The van der Waals surface area contributed by atoms with E-state index in [4.69, 9.17) is 9.47 Å². The van der Waals surface area contributed by atoms with Gasteiger partial charge in [0.05, 0.1) is 25.3 Å². The minimum Gasteiger partial charge on any atom is -0.378 e. The summed E-state index contributed by atoms with van der Waals surface area (Å²) in [6, 6.07) is 16.4. The van der Waals surface area contributed by atoms with Crippen LogP contribution in [0, 0.1) is 13.8 Å². The van der Waals surface area contributed by atoms with Gasteiger partial charge in [0.25, 0.3) is 0 Å². The summed E-state index contributed by atoms with van der Waals surface area (Å²) >= 11 is 0. The molecule has 2 aliphatic rings. The van der Waals surface area contributed by atoms with E-state index < -0.39 is 0 Å². The van der Waals surface area contributed by atoms with E-state index in [0.717, 1.165) is 17.5 Å². The van der Waals surface area contributed by atoms with Gasteiger partial charge in [0.2, 0.25) is 0 Å². The molecule has 0 aliphatic carbocycles. The summed E-state index contributed by atoms with van der Waals surface area (Å²) in [4.78, 5) is 15.2. The summed E-state index contributed by atoms with van der Waals surface area (Å²) in [6.45, 7) is 8.58. The number of ether oxygens (including phenoxy) is 2. The Labute approximate surface area is 173 Å². The predicted octanol–water partition coefficient (Wildman–Crippen LogP) is 3.98. The quantitative estimate of drug-likeness (QED) is 0.857. The van der Waals surface area contributed by atoms with Crippen molar-refractivity contribution in [3.05, 3.63) is 70.8 Å². The van der Waals surface area contributed by atoms with Gasteiger partial charge in [-0.05, 0) is 31.9 Å². The van der Waals surface area contributed by atoms with E-state index in [2.05, 4.69) is 55.6 Å². The number of rotatable bonds is 3. The monoisotopic (exact) mass is 394 g/mol. The summed E-state index contributed by atoms with van der Waals surface area (Å²) < 4.78 is 11.8. The van der Waals surface area contributed by atoms with E-state index in [1.807, 2.05) is 24.0 Å². The molecule has 5 heteroatoms. The normalized spacial score (nSPS) is 24.3. The molecule has 5 nitrogen and oxygen atoms in total. The Balaban J connectivity index is 1.59. The van der Waals surface area contributed by atoms with Gasteiger partial charge in [-0.15, -0.1) is 0 Å². The second kappa shape index (κ2) is 8.17. The molecule has 2 saturated heterocycles. The Morgan fingerprint density at radius 3 is 2.34 bits per heavy atom. The molecule has 0 saturated carbocycles. The van der Waals surface area contributed by atoms with Crippen molar-refractivity contribution >= 4 is 6.03 Å². The van der Waals surface area contributed by atoms with Crippen molar-refractivity contribution in [1.29, 1.82) is 0 Å². The van der Waals surface area contributed by atoms with Gasteiger partial charge in [0.15, 0.2) is 0 Å². The van der Waals surface area contributed by atoms with Gasteiger partial charge in [-0.3, -0.25) is 0 Å². The number of benzene rings is 2. The van der Waals surface area contributed by atoms with Crippen LogP contribution in [0.25, 0.3) is 0 Å². The SMILES string of the molecule is Cc1cccc(C(NC(=O)N2CC(C)OC3(CCOC3)C2)c2cccc(C)c2)c1. The minimum atomic E-state index is -0.364. The van der Waals surface area contributed by atoms with E-state index in [-0.39, 0.29) is 23.8 Å². The van der Waals surface area contributed by atoms with Crippen LogP contribution < -0.4 is 5.32 Å². The smallest absolute Gasteiger partial charge is 0.318 e. The third-order valence-corrected chi connectivity index (χ3v) is 5.78. The van der Waals surface area contributed by atoms with Crippen LogP contribution in [0.4, 0.5) is 4.79 Å². The second-order valence-electron chi connectivity index (χ2n) is 8.51. The average Bonchev–Trinajstić information content (AvgIpc) is 3.12. The zero-order valence-electron chi connectivity index (χ0n) is 17.5. The maximum Gasteiger partial charge on any atom is 0.318 e. The van der Waals surface area contributed by atoms with Gasteiger partial charge >= 0.3 is 6.03 Å². The molecule has 4 rings (SSSR count). The van der Waals surface area contributed by atoms with Crippen molar-refractivity contribution in [3.63, 3.8) is 0 Å². The molecule has 0 bridgehead atoms. The van der Waals surface area contributed by atoms with Crippen molar-refractivity contribution in [3.8, 4) is 0 Å². The first-order chi connectivity index (χ1) is 13.9. The number of hydrogen-bond acceptors (Lipinski definition) is 3. The molecular formula is C24H30N2O3. The van der Waals surface area contributed by atoms with Crippen molar-refractivity contribution in [2.24, 2.45) is 0 Å². The molecule has 2 aromatic carbocycles. The molecular weight excluding hydrogens is 364 g/mol. The molecule has 2 heterocycles. The largest absolute Gasteiger partial charge is 0.378 e. The van der Waals surface area contributed by atoms with Gasteiger partial charge in [0.1, 0.15) is 5.60 Å². The lowest BCUT2D eigenvalue weighted by Crippen LogP contribution is -2.59. The number of nitrogens with one attached hydrogen (secondary N) is 1. The summed E-state index contributed by atoms with van der Waals surface area (Å²) in [5.74, 6) is 0. The van der Waals surface area contributed by atoms with E-state index in [1.54, 1.807) is 0 Å². The van der Waals surface area contributed by atoms with Gasteiger partial charge in [0, 0.05) is 19.6 Å². The standard InChI is InChI=1S/C24H30N2O3/c1-17-6-4-8-20(12-17)22(21-9-5-7-18(2)13-21)25-23(27)26-14-19(3)29-24(15-26)10-11-28-16-24/h4-9,12-13,19,22H,10-11,14-16H2,1-3H3,(H,25,27). The van der Waals surface area contributed by atoms with Crippen LogP contribution in [-0.4, -0.2) is 48.9 Å². The van der Waals surface area contributed by atoms with Crippen LogP contribution in [0.2, 0.25) is 0 Å². The Bertz CT molecular complexity index is 830. The van der Waals surface area contributed by atoms with Crippen LogP contribution in [0.15, 0.2) is 48.5 Å². The third-order valence-electron chi connectivity index (χ3n) is 5.78. The molecule has 0 aromatic heterocycles. The molecule has 2 atom stereocenters. The predicted molar refractivity (Wildman–Crippen MR) is 113 cm³/mol. The Morgan fingerprint density at radius 2 is 1.79 bits per heavy atom. The van der Waals surface area contributed by atoms with Crippen molar-refractivity contribution in [2.75, 3.05) is 26.3 Å². The molecule has 2 fully saturated rings. The highest BCUT2D eigenvalue weighted by atomic mass is 16.6. The molecule has 2 aromatic rings. The summed E-state index contributed by atoms with van der Waals surface area (Å²) in [6.07, 6.45) is 0.827. The summed E-state index contributed by atoms with van der Waals surface area (Å²) in [5.41, 5.74) is 4.17. The van der Waals surface area contributed by atoms with Crippen LogP contribution >= 0.6 is 0 Å². The first-order valence-corrected chi connectivity index (χ1v) is 10.4. The number of nitrogens with zero attached hydrogens (tertiary/aromatic N) is 1. The van der Waals surface area contributed by atoms with Crippen molar-refractivity contribution < 1.29 is 14.3 Å². The van der Waals surface area contributed by atoms with Gasteiger partial charge in [-0.2, -0.15) is 0 Å². The highest BCUT2D eigenvalue weighted by Crippen LogP contribution is 2.31. The number of carbonyl (C=O) groups is 1. The zero-order chi connectivity index (χ0) is 20.4. The Hall–Kier alpha value is -2.37. The number of hydrogen-bond donors (Lipinski definition) is 1. The van der Waals surface area contributed by atoms with E-state index in [1.165, 1.54) is 11.1 Å². The second-order valence-corrected chi connectivity index (χ2v) is 8.51. The third kappa shape index (κ3) is 4.46. The fourth-order valence-electron chi connectivity index (χ4n) is 4.46. The zero-order valence-corrected chi connectivity index (χ0v) is 17.5. The minimum absolute atomic E-state index is 0.00686. The number of morpholine rings is 1. The number of urea groups is 1. The number of amides is 2. The maximum absolute atomic E-state index is 13.3. The number of carbonyl (C=O) groups excluding carboxylic acids is 1. The highest BCUT2D eigenvalue weighted by molar-refractivity contribution is 5.75. The van der Waals surface area contributed by atoms with Crippen LogP contribution in [0.1, 0.15) is 41.6 Å². The molecule has 2 amide bonds. The average molecular weight is 395 g/mol. The molecule has 2 unspecified atom stereocenters. The van der Waals surface area contributed by atoms with Crippen molar-refractivity contribution in [2.45, 2.75) is 44.9 Å². The lowest BCUT2D eigenvalue weighted by molar-refractivity contribution is -0.137. The van der Waals surface area contributed by atoms with Gasteiger partial charge in [-0.25, -0.2) is 4.79 Å². The number of aryl methyl sites for hydroxylation is 2. The van der Waals surface area contributed by atoms with Gasteiger partial charge < -0.3 is 19.7 Å². The fourth-order valence-corrected chi connectivity index (χ4v) is 4.46. The van der Waals surface area contributed by atoms with Crippen LogP contribution in [0.3, 0.4) is 0 Å². The summed E-state index contributed by atoms with van der Waals surface area (Å²) in [7, 11) is 0. The molecule has 1 spiro atoms. The maximum atomic E-state index is 13.3. The van der Waals surface area contributed by atoms with Crippen LogP contribution in [0.5, 0.6) is 0 Å². The first-order valence-electron chi connectivity index (χ1n) is 10.4. The van der Waals surface area contributed by atoms with E-state index in [0.29, 0.717) is 26.3 Å².